The predicted molar refractivity (Wildman–Crippen MR) is 62.8 cm³/mol. The van der Waals surface area contributed by atoms with Crippen LogP contribution < -0.4 is 0 Å². The zero-order valence-electron chi connectivity index (χ0n) is 9.86. The van der Waals surface area contributed by atoms with Crippen molar-refractivity contribution in [3.63, 3.8) is 0 Å². The molecule has 0 saturated carbocycles. The number of hydrogen-bond acceptors (Lipinski definition) is 4. The summed E-state index contributed by atoms with van der Waals surface area (Å²) in [6.45, 7) is 3.83. The third-order valence-electron chi connectivity index (χ3n) is 2.21. The first kappa shape index (κ1) is 12.7. The van der Waals surface area contributed by atoms with Gasteiger partial charge >= 0.3 is 5.97 Å². The number of amides is 1. The van der Waals surface area contributed by atoms with E-state index in [-0.39, 0.29) is 12.5 Å². The molecule has 0 aliphatic carbocycles. The monoisotopic (exact) mass is 241 g/mol. The highest BCUT2D eigenvalue weighted by molar-refractivity contribution is 7.12. The number of methoxy groups -OCH3 is 1. The molecule has 0 aromatic carbocycles. The molecule has 16 heavy (non-hydrogen) atoms. The normalized spacial score (nSPS) is 10.0. The van der Waals surface area contributed by atoms with Crippen LogP contribution >= 0.6 is 11.3 Å². The second-order valence-corrected chi connectivity index (χ2v) is 5.02. The van der Waals surface area contributed by atoms with Gasteiger partial charge in [-0.3, -0.25) is 9.59 Å². The maximum absolute atomic E-state index is 12.0. The van der Waals surface area contributed by atoms with Crippen LogP contribution in [0.4, 0.5) is 0 Å². The quantitative estimate of drug-likeness (QED) is 0.755. The molecule has 1 amide bonds. The number of esters is 1. The molecule has 1 aromatic rings. The third-order valence-corrected chi connectivity index (χ3v) is 3.18. The van der Waals surface area contributed by atoms with E-state index >= 15 is 0 Å². The Hall–Kier alpha value is -1.36. The summed E-state index contributed by atoms with van der Waals surface area (Å²) in [5, 5.41) is 0. The Labute approximate surface area is 98.8 Å². The van der Waals surface area contributed by atoms with Gasteiger partial charge in [-0.2, -0.15) is 0 Å². The van der Waals surface area contributed by atoms with Crippen LogP contribution in [0.5, 0.6) is 0 Å². The smallest absolute Gasteiger partial charge is 0.325 e. The predicted octanol–water partition coefficient (Wildman–Crippen LogP) is 1.61. The number of ether oxygens (including phenoxy) is 1. The largest absolute Gasteiger partial charge is 0.468 e. The number of carbonyl (C=O) groups is 2. The third kappa shape index (κ3) is 2.82. The zero-order chi connectivity index (χ0) is 12.3. The van der Waals surface area contributed by atoms with Crippen molar-refractivity contribution in [1.29, 1.82) is 0 Å². The topological polar surface area (TPSA) is 46.6 Å². The van der Waals surface area contributed by atoms with Gasteiger partial charge in [-0.1, -0.05) is 0 Å². The molecule has 0 aliphatic rings. The maximum atomic E-state index is 12.0. The molecule has 0 aliphatic heterocycles. The minimum Gasteiger partial charge on any atom is -0.468 e. The number of nitrogens with zero attached hydrogens (tertiary/aromatic N) is 1. The second-order valence-electron chi connectivity index (χ2n) is 3.56. The van der Waals surface area contributed by atoms with Gasteiger partial charge < -0.3 is 9.64 Å². The molecule has 88 valence electrons. The molecule has 4 nitrogen and oxygen atoms in total. The number of hydrogen-bond donors (Lipinski definition) is 0. The van der Waals surface area contributed by atoms with Crippen LogP contribution in [0.25, 0.3) is 0 Å². The van der Waals surface area contributed by atoms with Gasteiger partial charge in [-0.15, -0.1) is 11.3 Å². The summed E-state index contributed by atoms with van der Waals surface area (Å²) in [5.41, 5.74) is 0.661. The number of carbonyl (C=O) groups excluding carboxylic acids is 2. The summed E-state index contributed by atoms with van der Waals surface area (Å²) < 4.78 is 4.51. The molecule has 0 bridgehead atoms. The van der Waals surface area contributed by atoms with Crippen LogP contribution in [0.2, 0.25) is 0 Å². The van der Waals surface area contributed by atoms with Crippen molar-refractivity contribution in [3.8, 4) is 0 Å². The number of rotatable bonds is 3. The van der Waals surface area contributed by atoms with Crippen LogP contribution in [0.1, 0.15) is 20.1 Å². The lowest BCUT2D eigenvalue weighted by Crippen LogP contribution is -2.32. The zero-order valence-corrected chi connectivity index (χ0v) is 10.7. The lowest BCUT2D eigenvalue weighted by atomic mass is 10.2. The standard InChI is InChI=1S/C11H15NO3S/c1-7-5-9(8(2)16-7)11(14)12(3)6-10(13)15-4/h5H,6H2,1-4H3. The molecule has 0 atom stereocenters. The highest BCUT2D eigenvalue weighted by atomic mass is 32.1. The fourth-order valence-corrected chi connectivity index (χ4v) is 2.29. The van der Waals surface area contributed by atoms with E-state index in [0.717, 1.165) is 9.75 Å². The fourth-order valence-electron chi connectivity index (χ4n) is 1.38. The van der Waals surface area contributed by atoms with E-state index in [2.05, 4.69) is 4.74 Å². The molecule has 0 spiro atoms. The molecular weight excluding hydrogens is 226 g/mol. The first-order valence-corrected chi connectivity index (χ1v) is 5.66. The maximum Gasteiger partial charge on any atom is 0.325 e. The minimum absolute atomic E-state index is 0.0241. The van der Waals surface area contributed by atoms with Crippen molar-refractivity contribution >= 4 is 23.2 Å². The molecule has 0 N–H and O–H groups in total. The van der Waals surface area contributed by atoms with Crippen molar-refractivity contribution in [1.82, 2.24) is 4.90 Å². The molecule has 0 radical (unpaired) electrons. The molecule has 0 unspecified atom stereocenters. The Morgan fingerprint density at radius 1 is 1.44 bits per heavy atom. The average molecular weight is 241 g/mol. The lowest BCUT2D eigenvalue weighted by Gasteiger charge is -2.15. The Balaban J connectivity index is 2.78. The van der Waals surface area contributed by atoms with Gasteiger partial charge in [0.05, 0.1) is 12.7 Å². The van der Waals surface area contributed by atoms with E-state index in [1.165, 1.54) is 12.0 Å². The van der Waals surface area contributed by atoms with Crippen LogP contribution in [0.3, 0.4) is 0 Å². The Morgan fingerprint density at radius 2 is 2.06 bits per heavy atom. The number of likely N-dealkylation sites (N-methyl/N-ethyl adjacent to an activating group) is 1. The van der Waals surface area contributed by atoms with Crippen LogP contribution in [0.15, 0.2) is 6.07 Å². The van der Waals surface area contributed by atoms with E-state index < -0.39 is 5.97 Å². The summed E-state index contributed by atoms with van der Waals surface area (Å²) in [6, 6.07) is 1.84. The van der Waals surface area contributed by atoms with E-state index in [4.69, 9.17) is 0 Å². The van der Waals surface area contributed by atoms with E-state index in [1.54, 1.807) is 18.4 Å². The summed E-state index contributed by atoms with van der Waals surface area (Å²) >= 11 is 1.58. The molecule has 0 saturated heterocycles. The van der Waals surface area contributed by atoms with E-state index in [0.29, 0.717) is 5.56 Å². The summed E-state index contributed by atoms with van der Waals surface area (Å²) in [5.74, 6) is -0.562. The molecule has 5 heteroatoms. The second kappa shape index (κ2) is 5.12. The average Bonchev–Trinajstić information content (AvgIpc) is 2.56. The van der Waals surface area contributed by atoms with Gasteiger partial charge in [0.1, 0.15) is 6.54 Å². The Morgan fingerprint density at radius 3 is 2.50 bits per heavy atom. The lowest BCUT2D eigenvalue weighted by molar-refractivity contribution is -0.141. The SMILES string of the molecule is COC(=O)CN(C)C(=O)c1cc(C)sc1C. The van der Waals surface area contributed by atoms with Gasteiger partial charge in [-0.05, 0) is 19.9 Å². The number of thiophene rings is 1. The van der Waals surface area contributed by atoms with Crippen molar-refractivity contribution in [2.45, 2.75) is 13.8 Å². The summed E-state index contributed by atoms with van der Waals surface area (Å²) in [7, 11) is 2.90. The fraction of sp³-hybridized carbons (Fsp3) is 0.455. The van der Waals surface area contributed by atoms with Crippen LogP contribution in [0, 0.1) is 13.8 Å². The molecule has 1 heterocycles. The Kier molecular flexibility index (Phi) is 4.06. The van der Waals surface area contributed by atoms with Crippen LogP contribution in [-0.4, -0.2) is 37.5 Å². The Bertz CT molecular complexity index is 411. The minimum atomic E-state index is -0.416. The van der Waals surface area contributed by atoms with E-state index in [1.807, 2.05) is 19.9 Å². The first-order chi connectivity index (χ1) is 7.45. The van der Waals surface area contributed by atoms with Crippen LogP contribution in [-0.2, 0) is 9.53 Å². The summed E-state index contributed by atoms with van der Waals surface area (Å²) in [6.07, 6.45) is 0. The van der Waals surface area contributed by atoms with Crippen molar-refractivity contribution in [2.24, 2.45) is 0 Å². The van der Waals surface area contributed by atoms with Crippen molar-refractivity contribution < 1.29 is 14.3 Å². The molecular formula is C11H15NO3S. The van der Waals surface area contributed by atoms with Crippen molar-refractivity contribution in [3.05, 3.63) is 21.4 Å². The molecule has 1 aromatic heterocycles. The van der Waals surface area contributed by atoms with Gasteiger partial charge in [0.25, 0.3) is 5.91 Å². The van der Waals surface area contributed by atoms with Gasteiger partial charge in [0.2, 0.25) is 0 Å². The molecule has 0 fully saturated rings. The summed E-state index contributed by atoms with van der Waals surface area (Å²) in [4.78, 5) is 26.4. The van der Waals surface area contributed by atoms with Gasteiger partial charge in [-0.25, -0.2) is 0 Å². The first-order valence-electron chi connectivity index (χ1n) is 4.85. The van der Waals surface area contributed by atoms with E-state index in [9.17, 15) is 9.59 Å². The van der Waals surface area contributed by atoms with Gasteiger partial charge in [0, 0.05) is 16.8 Å². The van der Waals surface area contributed by atoms with Gasteiger partial charge in [0.15, 0.2) is 0 Å². The van der Waals surface area contributed by atoms with Crippen molar-refractivity contribution in [2.75, 3.05) is 20.7 Å². The highest BCUT2D eigenvalue weighted by Gasteiger charge is 2.18. The molecule has 1 rings (SSSR count). The number of aryl methyl sites for hydroxylation is 2. The highest BCUT2D eigenvalue weighted by Crippen LogP contribution is 2.21.